The Hall–Kier alpha value is -1.13. The predicted octanol–water partition coefficient (Wildman–Crippen LogP) is 2.61. The maximum atomic E-state index is 5.25. The summed E-state index contributed by atoms with van der Waals surface area (Å²) in [5, 5.41) is 3.39. The van der Waals surface area contributed by atoms with Gasteiger partial charge < -0.3 is 15.0 Å². The fraction of sp³-hybridized carbons (Fsp3) is 0.688. The Balaban J connectivity index is 1.91. The van der Waals surface area contributed by atoms with E-state index in [1.165, 1.54) is 18.5 Å². The smallest absolute Gasteiger partial charge is 0.0572 e. The summed E-state index contributed by atoms with van der Waals surface area (Å²) in [6, 6.07) is 4.66. The number of piperidine rings is 1. The van der Waals surface area contributed by atoms with Crippen LogP contribution in [-0.2, 0) is 4.74 Å². The normalized spacial score (nSPS) is 18.2. The molecule has 1 aliphatic rings. The van der Waals surface area contributed by atoms with Gasteiger partial charge in [0.25, 0.3) is 0 Å². The molecule has 1 N–H and O–H groups in total. The molecular weight excluding hydrogens is 250 g/mol. The molecule has 0 aliphatic carbocycles. The van der Waals surface area contributed by atoms with E-state index in [2.05, 4.69) is 41.2 Å². The van der Waals surface area contributed by atoms with Crippen LogP contribution in [-0.4, -0.2) is 38.3 Å². The molecule has 1 saturated heterocycles. The van der Waals surface area contributed by atoms with E-state index >= 15 is 0 Å². The van der Waals surface area contributed by atoms with Gasteiger partial charge in [-0.2, -0.15) is 0 Å². The maximum Gasteiger partial charge on any atom is 0.0572 e. The van der Waals surface area contributed by atoms with Crippen LogP contribution in [0, 0.1) is 5.92 Å². The average Bonchev–Trinajstić information content (AvgIpc) is 2.49. The number of methoxy groups -OCH3 is 1. The molecule has 112 valence electrons. The van der Waals surface area contributed by atoms with E-state index in [-0.39, 0.29) is 0 Å². The summed E-state index contributed by atoms with van der Waals surface area (Å²) in [4.78, 5) is 7.03. The van der Waals surface area contributed by atoms with E-state index < -0.39 is 0 Å². The molecule has 1 atom stereocenters. The SMILES string of the molecule is CCNC(C)c1ccc(N2CCC(COC)CC2)cn1. The summed E-state index contributed by atoms with van der Waals surface area (Å²) < 4.78 is 5.25. The molecule has 1 aromatic rings. The highest BCUT2D eigenvalue weighted by molar-refractivity contribution is 5.45. The molecule has 1 fully saturated rings. The number of hydrogen-bond acceptors (Lipinski definition) is 4. The highest BCUT2D eigenvalue weighted by Crippen LogP contribution is 2.23. The zero-order valence-electron chi connectivity index (χ0n) is 12.9. The quantitative estimate of drug-likeness (QED) is 0.867. The van der Waals surface area contributed by atoms with E-state index in [1.807, 2.05) is 6.20 Å². The molecule has 4 heteroatoms. The summed E-state index contributed by atoms with van der Waals surface area (Å²) in [6.07, 6.45) is 4.44. The molecule has 1 aliphatic heterocycles. The molecule has 0 radical (unpaired) electrons. The number of pyridine rings is 1. The topological polar surface area (TPSA) is 37.4 Å². The molecule has 2 rings (SSSR count). The van der Waals surface area contributed by atoms with Crippen LogP contribution in [0.1, 0.15) is 38.4 Å². The summed E-state index contributed by atoms with van der Waals surface area (Å²) in [5.74, 6) is 0.720. The number of nitrogens with zero attached hydrogens (tertiary/aromatic N) is 2. The Kier molecular flexibility index (Phi) is 5.80. The van der Waals surface area contributed by atoms with Gasteiger partial charge in [-0.15, -0.1) is 0 Å². The van der Waals surface area contributed by atoms with E-state index in [4.69, 9.17) is 4.74 Å². The highest BCUT2D eigenvalue weighted by Gasteiger charge is 2.19. The van der Waals surface area contributed by atoms with E-state index in [0.717, 1.165) is 37.9 Å². The minimum atomic E-state index is 0.321. The molecule has 0 amide bonds. The summed E-state index contributed by atoms with van der Waals surface area (Å²) in [5.41, 5.74) is 2.36. The van der Waals surface area contributed by atoms with Gasteiger partial charge in [-0.05, 0) is 44.4 Å². The molecule has 20 heavy (non-hydrogen) atoms. The van der Waals surface area contributed by atoms with Gasteiger partial charge in [0.15, 0.2) is 0 Å². The van der Waals surface area contributed by atoms with Gasteiger partial charge in [0.2, 0.25) is 0 Å². The molecule has 0 saturated carbocycles. The summed E-state index contributed by atoms with van der Waals surface area (Å²) in [7, 11) is 1.79. The summed E-state index contributed by atoms with van der Waals surface area (Å²) in [6.45, 7) is 8.36. The molecule has 0 aromatic carbocycles. The first kappa shape index (κ1) is 15.3. The first-order valence-electron chi connectivity index (χ1n) is 7.67. The number of aromatic nitrogens is 1. The lowest BCUT2D eigenvalue weighted by molar-refractivity contribution is 0.139. The van der Waals surface area contributed by atoms with Crippen LogP contribution in [0.25, 0.3) is 0 Å². The van der Waals surface area contributed by atoms with Gasteiger partial charge in [0.05, 0.1) is 17.6 Å². The highest BCUT2D eigenvalue weighted by atomic mass is 16.5. The van der Waals surface area contributed by atoms with Crippen LogP contribution in [0.15, 0.2) is 18.3 Å². The molecule has 1 aromatic heterocycles. The second-order valence-electron chi connectivity index (χ2n) is 5.61. The number of nitrogens with one attached hydrogen (secondary N) is 1. The molecule has 0 spiro atoms. The Bertz CT molecular complexity index is 385. The lowest BCUT2D eigenvalue weighted by atomic mass is 9.97. The van der Waals surface area contributed by atoms with Crippen LogP contribution in [0.5, 0.6) is 0 Å². The van der Waals surface area contributed by atoms with E-state index in [0.29, 0.717) is 6.04 Å². The predicted molar refractivity (Wildman–Crippen MR) is 83.1 cm³/mol. The first-order valence-corrected chi connectivity index (χ1v) is 7.67. The fourth-order valence-corrected chi connectivity index (χ4v) is 2.84. The van der Waals surface area contributed by atoms with Gasteiger partial charge in [-0.25, -0.2) is 0 Å². The molecule has 4 nitrogen and oxygen atoms in total. The third kappa shape index (κ3) is 3.93. The van der Waals surface area contributed by atoms with Crippen LogP contribution in [0.3, 0.4) is 0 Å². The van der Waals surface area contributed by atoms with Crippen LogP contribution in [0.4, 0.5) is 5.69 Å². The van der Waals surface area contributed by atoms with Gasteiger partial charge in [0, 0.05) is 32.8 Å². The lowest BCUT2D eigenvalue weighted by Crippen LogP contribution is -2.35. The number of hydrogen-bond donors (Lipinski definition) is 1. The third-order valence-corrected chi connectivity index (χ3v) is 4.11. The number of rotatable bonds is 6. The van der Waals surface area contributed by atoms with Gasteiger partial charge in [0.1, 0.15) is 0 Å². The molecular formula is C16H27N3O. The lowest BCUT2D eigenvalue weighted by Gasteiger charge is -2.33. The zero-order valence-corrected chi connectivity index (χ0v) is 12.9. The second kappa shape index (κ2) is 7.60. The van der Waals surface area contributed by atoms with Crippen molar-refractivity contribution in [2.24, 2.45) is 5.92 Å². The van der Waals surface area contributed by atoms with Gasteiger partial charge in [-0.3, -0.25) is 4.98 Å². The van der Waals surface area contributed by atoms with Crippen LogP contribution < -0.4 is 10.2 Å². The monoisotopic (exact) mass is 277 g/mol. The first-order chi connectivity index (χ1) is 9.74. The van der Waals surface area contributed by atoms with Gasteiger partial charge in [-0.1, -0.05) is 6.92 Å². The Morgan fingerprint density at radius 2 is 2.15 bits per heavy atom. The van der Waals surface area contributed by atoms with Crippen molar-refractivity contribution in [3.63, 3.8) is 0 Å². The van der Waals surface area contributed by atoms with Crippen molar-refractivity contribution < 1.29 is 4.74 Å². The molecule has 1 unspecified atom stereocenters. The Morgan fingerprint density at radius 1 is 1.40 bits per heavy atom. The van der Waals surface area contributed by atoms with Crippen molar-refractivity contribution in [3.05, 3.63) is 24.0 Å². The number of anilines is 1. The fourth-order valence-electron chi connectivity index (χ4n) is 2.84. The van der Waals surface area contributed by atoms with Crippen molar-refractivity contribution in [2.45, 2.75) is 32.7 Å². The maximum absolute atomic E-state index is 5.25. The van der Waals surface area contributed by atoms with Crippen molar-refractivity contribution in [1.82, 2.24) is 10.3 Å². The summed E-state index contributed by atoms with van der Waals surface area (Å²) >= 11 is 0. The van der Waals surface area contributed by atoms with Crippen LogP contribution >= 0.6 is 0 Å². The largest absolute Gasteiger partial charge is 0.384 e. The minimum Gasteiger partial charge on any atom is -0.384 e. The number of ether oxygens (including phenoxy) is 1. The molecule has 0 bridgehead atoms. The van der Waals surface area contributed by atoms with E-state index in [1.54, 1.807) is 7.11 Å². The van der Waals surface area contributed by atoms with Crippen molar-refractivity contribution in [3.8, 4) is 0 Å². The standard InChI is InChI=1S/C16H27N3O/c1-4-17-13(2)16-6-5-15(11-18-16)19-9-7-14(8-10-19)12-20-3/h5-6,11,13-14,17H,4,7-10,12H2,1-3H3. The Morgan fingerprint density at radius 3 is 2.70 bits per heavy atom. The van der Waals surface area contributed by atoms with Crippen molar-refractivity contribution >= 4 is 5.69 Å². The minimum absolute atomic E-state index is 0.321. The third-order valence-electron chi connectivity index (χ3n) is 4.11. The Labute approximate surface area is 122 Å². The van der Waals surface area contributed by atoms with E-state index in [9.17, 15) is 0 Å². The zero-order chi connectivity index (χ0) is 14.4. The van der Waals surface area contributed by atoms with Crippen molar-refractivity contribution in [1.29, 1.82) is 0 Å². The van der Waals surface area contributed by atoms with Crippen molar-refractivity contribution in [2.75, 3.05) is 38.3 Å². The molecule has 2 heterocycles. The average molecular weight is 277 g/mol. The van der Waals surface area contributed by atoms with Gasteiger partial charge >= 0.3 is 0 Å². The van der Waals surface area contributed by atoms with Crippen LogP contribution in [0.2, 0.25) is 0 Å². The second-order valence-corrected chi connectivity index (χ2v) is 5.61.